The quantitative estimate of drug-likeness (QED) is 0.394. The standard InChI is InChI=1S/C14H11NO7/c1-20-13(18)12(17)9-6-11(16)22-10-5-7(3-4-8(9)10)15-14(19)21-2/h3-6H,1-2H3,(H,15,19). The zero-order valence-corrected chi connectivity index (χ0v) is 11.7. The number of esters is 1. The number of amides is 1. The molecule has 8 nitrogen and oxygen atoms in total. The molecule has 0 radical (unpaired) electrons. The average molecular weight is 305 g/mol. The lowest BCUT2D eigenvalue weighted by atomic mass is 10.1. The molecule has 2 aromatic rings. The van der Waals surface area contributed by atoms with E-state index in [0.717, 1.165) is 13.2 Å². The van der Waals surface area contributed by atoms with Gasteiger partial charge in [-0.05, 0) is 12.1 Å². The maximum Gasteiger partial charge on any atom is 0.411 e. The number of hydrogen-bond donors (Lipinski definition) is 1. The number of Topliss-reactive ketones (excluding diaryl/α,β-unsaturated/α-hetero) is 1. The second kappa shape index (κ2) is 6.08. The highest BCUT2D eigenvalue weighted by Crippen LogP contribution is 2.22. The van der Waals surface area contributed by atoms with Gasteiger partial charge in [0.15, 0.2) is 0 Å². The monoisotopic (exact) mass is 305 g/mol. The maximum absolute atomic E-state index is 11.9. The van der Waals surface area contributed by atoms with Crippen molar-refractivity contribution >= 4 is 34.5 Å². The molecule has 0 atom stereocenters. The Morgan fingerprint density at radius 2 is 1.82 bits per heavy atom. The van der Waals surface area contributed by atoms with Gasteiger partial charge in [0.25, 0.3) is 5.78 Å². The second-order valence-corrected chi connectivity index (χ2v) is 4.13. The summed E-state index contributed by atoms with van der Waals surface area (Å²) in [5.74, 6) is -2.06. The molecule has 0 aliphatic rings. The van der Waals surface area contributed by atoms with E-state index >= 15 is 0 Å². The van der Waals surface area contributed by atoms with Crippen molar-refractivity contribution in [3.05, 3.63) is 40.2 Å². The molecule has 1 amide bonds. The van der Waals surface area contributed by atoms with Crippen LogP contribution in [0.3, 0.4) is 0 Å². The van der Waals surface area contributed by atoms with Gasteiger partial charge in [0.1, 0.15) is 5.58 Å². The first-order chi connectivity index (χ1) is 10.5. The minimum absolute atomic E-state index is 0.0358. The SMILES string of the molecule is COC(=O)Nc1ccc2c(C(=O)C(=O)OC)cc(=O)oc2c1. The van der Waals surface area contributed by atoms with Gasteiger partial charge in [-0.3, -0.25) is 10.1 Å². The fraction of sp³-hybridized carbons (Fsp3) is 0.143. The summed E-state index contributed by atoms with van der Waals surface area (Å²) in [5.41, 5.74) is -0.614. The number of hydrogen-bond acceptors (Lipinski definition) is 7. The van der Waals surface area contributed by atoms with Crippen molar-refractivity contribution < 1.29 is 28.3 Å². The van der Waals surface area contributed by atoms with E-state index in [1.165, 1.54) is 25.3 Å². The molecular formula is C14H11NO7. The first-order valence-corrected chi connectivity index (χ1v) is 6.01. The third-order valence-electron chi connectivity index (χ3n) is 2.79. The Bertz CT molecular complexity index is 822. The maximum atomic E-state index is 11.9. The van der Waals surface area contributed by atoms with Crippen molar-refractivity contribution in [2.45, 2.75) is 0 Å². The van der Waals surface area contributed by atoms with Crippen LogP contribution in [-0.4, -0.2) is 32.1 Å². The molecule has 1 aromatic carbocycles. The second-order valence-electron chi connectivity index (χ2n) is 4.13. The minimum atomic E-state index is -1.09. The van der Waals surface area contributed by atoms with Crippen LogP contribution in [0.2, 0.25) is 0 Å². The normalized spacial score (nSPS) is 10.1. The smallest absolute Gasteiger partial charge is 0.411 e. The number of benzene rings is 1. The number of anilines is 1. The van der Waals surface area contributed by atoms with E-state index in [9.17, 15) is 19.2 Å². The third-order valence-corrected chi connectivity index (χ3v) is 2.79. The molecule has 0 spiro atoms. The number of ether oxygens (including phenoxy) is 2. The van der Waals surface area contributed by atoms with Crippen LogP contribution in [0.4, 0.5) is 10.5 Å². The molecule has 0 aliphatic carbocycles. The van der Waals surface area contributed by atoms with Gasteiger partial charge < -0.3 is 13.9 Å². The Morgan fingerprint density at radius 1 is 1.09 bits per heavy atom. The van der Waals surface area contributed by atoms with E-state index in [2.05, 4.69) is 14.8 Å². The van der Waals surface area contributed by atoms with Crippen LogP contribution in [0.15, 0.2) is 33.5 Å². The van der Waals surface area contributed by atoms with Crippen molar-refractivity contribution in [3.8, 4) is 0 Å². The van der Waals surface area contributed by atoms with E-state index in [0.29, 0.717) is 5.69 Å². The van der Waals surface area contributed by atoms with Gasteiger partial charge in [0.05, 0.1) is 14.2 Å². The molecule has 2 rings (SSSR count). The molecule has 0 fully saturated rings. The van der Waals surface area contributed by atoms with E-state index < -0.39 is 23.5 Å². The number of methoxy groups -OCH3 is 2. The third kappa shape index (κ3) is 2.95. The van der Waals surface area contributed by atoms with Crippen LogP contribution >= 0.6 is 0 Å². The Labute approximate surface area is 123 Å². The number of fused-ring (bicyclic) bond motifs is 1. The lowest BCUT2D eigenvalue weighted by molar-refractivity contribution is -0.135. The van der Waals surface area contributed by atoms with Crippen LogP contribution in [0, 0.1) is 0 Å². The Morgan fingerprint density at radius 3 is 2.45 bits per heavy atom. The van der Waals surface area contributed by atoms with E-state index in [1.807, 2.05) is 0 Å². The number of carbonyl (C=O) groups is 3. The summed E-state index contributed by atoms with van der Waals surface area (Å²) < 4.78 is 13.8. The number of nitrogens with one attached hydrogen (secondary N) is 1. The molecule has 22 heavy (non-hydrogen) atoms. The summed E-state index contributed by atoms with van der Waals surface area (Å²) in [4.78, 5) is 45.9. The van der Waals surface area contributed by atoms with E-state index in [4.69, 9.17) is 4.42 Å². The zero-order chi connectivity index (χ0) is 16.3. The molecule has 0 unspecified atom stereocenters. The summed E-state index contributed by atoms with van der Waals surface area (Å²) in [6.45, 7) is 0. The molecule has 0 aliphatic heterocycles. The fourth-order valence-electron chi connectivity index (χ4n) is 1.80. The van der Waals surface area contributed by atoms with Crippen molar-refractivity contribution in [2.24, 2.45) is 0 Å². The molecule has 114 valence electrons. The van der Waals surface area contributed by atoms with Crippen LogP contribution < -0.4 is 10.9 Å². The van der Waals surface area contributed by atoms with Crippen molar-refractivity contribution in [1.82, 2.24) is 0 Å². The Kier molecular flexibility index (Phi) is 4.21. The summed E-state index contributed by atoms with van der Waals surface area (Å²) in [7, 11) is 2.26. The van der Waals surface area contributed by atoms with E-state index in [1.54, 1.807) is 0 Å². The summed E-state index contributed by atoms with van der Waals surface area (Å²) in [5, 5.41) is 2.63. The van der Waals surface area contributed by atoms with Gasteiger partial charge in [-0.15, -0.1) is 0 Å². The highest BCUT2D eigenvalue weighted by atomic mass is 16.5. The molecule has 1 heterocycles. The largest absolute Gasteiger partial charge is 0.463 e. The zero-order valence-electron chi connectivity index (χ0n) is 11.7. The van der Waals surface area contributed by atoms with Gasteiger partial charge >= 0.3 is 17.7 Å². The first kappa shape index (κ1) is 15.2. The topological polar surface area (TPSA) is 112 Å². The lowest BCUT2D eigenvalue weighted by Crippen LogP contribution is -2.18. The van der Waals surface area contributed by atoms with Gasteiger partial charge in [-0.1, -0.05) is 0 Å². The van der Waals surface area contributed by atoms with Crippen molar-refractivity contribution in [2.75, 3.05) is 19.5 Å². The summed E-state index contributed by atoms with van der Waals surface area (Å²) in [6.07, 6.45) is -0.705. The molecule has 1 N–H and O–H groups in total. The van der Waals surface area contributed by atoms with Crippen LogP contribution in [0.5, 0.6) is 0 Å². The van der Waals surface area contributed by atoms with Crippen molar-refractivity contribution in [3.63, 3.8) is 0 Å². The minimum Gasteiger partial charge on any atom is -0.463 e. The first-order valence-electron chi connectivity index (χ1n) is 6.01. The van der Waals surface area contributed by atoms with Gasteiger partial charge in [-0.2, -0.15) is 0 Å². The van der Waals surface area contributed by atoms with Crippen LogP contribution in [0.1, 0.15) is 10.4 Å². The summed E-state index contributed by atoms with van der Waals surface area (Å²) >= 11 is 0. The lowest BCUT2D eigenvalue weighted by Gasteiger charge is -2.06. The van der Waals surface area contributed by atoms with Crippen LogP contribution in [0.25, 0.3) is 11.0 Å². The van der Waals surface area contributed by atoms with Gasteiger partial charge in [0, 0.05) is 28.8 Å². The summed E-state index contributed by atoms with van der Waals surface area (Å²) in [6, 6.07) is 5.14. The highest BCUT2D eigenvalue weighted by molar-refractivity contribution is 6.42. The molecule has 0 bridgehead atoms. The van der Waals surface area contributed by atoms with E-state index in [-0.39, 0.29) is 16.5 Å². The van der Waals surface area contributed by atoms with Gasteiger partial charge in [0.2, 0.25) is 0 Å². The predicted molar refractivity (Wildman–Crippen MR) is 74.9 cm³/mol. The predicted octanol–water partition coefficient (Wildman–Crippen LogP) is 1.33. The van der Waals surface area contributed by atoms with Crippen molar-refractivity contribution in [1.29, 1.82) is 0 Å². The Balaban J connectivity index is 2.56. The highest BCUT2D eigenvalue weighted by Gasteiger charge is 2.21. The number of rotatable bonds is 3. The fourth-order valence-corrected chi connectivity index (χ4v) is 1.80. The molecule has 0 saturated heterocycles. The van der Waals surface area contributed by atoms with Crippen LogP contribution in [-0.2, 0) is 14.3 Å². The molecule has 0 saturated carbocycles. The Hall–Kier alpha value is -3.16. The molecule has 1 aromatic heterocycles. The van der Waals surface area contributed by atoms with Gasteiger partial charge in [-0.25, -0.2) is 14.4 Å². The molecule has 8 heteroatoms. The number of carbonyl (C=O) groups excluding carboxylic acids is 3. The molecular weight excluding hydrogens is 294 g/mol. The number of ketones is 1. The average Bonchev–Trinajstić information content (AvgIpc) is 2.52.